The van der Waals surface area contributed by atoms with Crippen LogP contribution in [0, 0.1) is 0 Å². The van der Waals surface area contributed by atoms with Crippen molar-refractivity contribution in [2.45, 2.75) is 57.6 Å². The summed E-state index contributed by atoms with van der Waals surface area (Å²) in [5.41, 5.74) is 1.96. The number of ether oxygens (including phenoxy) is 1. The normalized spacial score (nSPS) is 19.5. The van der Waals surface area contributed by atoms with Gasteiger partial charge in [-0.25, -0.2) is 4.79 Å². The average molecular weight is 229 g/mol. The number of nitrogens with two attached hydrogens (primary N) is 1. The third-order valence-electron chi connectivity index (χ3n) is 2.77. The maximum Gasteiger partial charge on any atom is 0.408 e. The van der Waals surface area contributed by atoms with Crippen LogP contribution in [0.25, 0.3) is 0 Å². The lowest BCUT2D eigenvalue weighted by atomic mass is 9.98. The van der Waals surface area contributed by atoms with Crippen molar-refractivity contribution in [3.63, 3.8) is 0 Å². The van der Waals surface area contributed by atoms with Gasteiger partial charge >= 0.3 is 6.09 Å². The highest BCUT2D eigenvalue weighted by Crippen LogP contribution is 2.29. The summed E-state index contributed by atoms with van der Waals surface area (Å²) >= 11 is 0. The number of hydrogen-bond donors (Lipinski definition) is 3. The smallest absolute Gasteiger partial charge is 0.408 e. The Balaban J connectivity index is 2.52. The molecule has 16 heavy (non-hydrogen) atoms. The van der Waals surface area contributed by atoms with Gasteiger partial charge in [0.25, 0.3) is 0 Å². The monoisotopic (exact) mass is 229 g/mol. The molecule has 1 fully saturated rings. The summed E-state index contributed by atoms with van der Waals surface area (Å²) in [5, 5.41) is 2.95. The predicted octanol–water partition coefficient (Wildman–Crippen LogP) is 1.29. The van der Waals surface area contributed by atoms with Crippen molar-refractivity contribution < 1.29 is 9.53 Å². The zero-order valence-corrected chi connectivity index (χ0v) is 10.4. The van der Waals surface area contributed by atoms with Crippen LogP contribution in [0.3, 0.4) is 0 Å². The van der Waals surface area contributed by atoms with E-state index in [-0.39, 0.29) is 11.6 Å². The maximum atomic E-state index is 11.7. The Morgan fingerprint density at radius 2 is 1.94 bits per heavy atom. The first-order valence-corrected chi connectivity index (χ1v) is 5.82. The van der Waals surface area contributed by atoms with Gasteiger partial charge < -0.3 is 10.1 Å². The summed E-state index contributed by atoms with van der Waals surface area (Å²) in [6.45, 7) is 6.16. The number of hydrogen-bond acceptors (Lipinski definition) is 4. The average Bonchev–Trinajstić information content (AvgIpc) is 2.49. The summed E-state index contributed by atoms with van der Waals surface area (Å²) in [6.07, 6.45) is 3.80. The third kappa shape index (κ3) is 3.98. The van der Waals surface area contributed by atoms with Crippen LogP contribution in [0.4, 0.5) is 4.79 Å². The van der Waals surface area contributed by atoms with Gasteiger partial charge in [0.1, 0.15) is 5.60 Å². The number of alkyl carbamates (subject to hydrolysis) is 1. The Bertz CT molecular complexity index is 242. The maximum absolute atomic E-state index is 11.7. The highest BCUT2D eigenvalue weighted by molar-refractivity contribution is 5.69. The van der Waals surface area contributed by atoms with Crippen LogP contribution in [0.1, 0.15) is 46.5 Å². The second-order valence-corrected chi connectivity index (χ2v) is 5.50. The predicted molar refractivity (Wildman–Crippen MR) is 62.8 cm³/mol. The zero-order chi connectivity index (χ0) is 12.2. The number of nitrogens with one attached hydrogen (secondary N) is 2. The molecule has 1 aliphatic rings. The van der Waals surface area contributed by atoms with E-state index < -0.39 is 5.60 Å². The van der Waals surface area contributed by atoms with Crippen molar-refractivity contribution >= 4 is 6.09 Å². The minimum atomic E-state index is -0.458. The summed E-state index contributed by atoms with van der Waals surface area (Å²) in [4.78, 5) is 11.7. The van der Waals surface area contributed by atoms with Crippen molar-refractivity contribution in [2.24, 2.45) is 5.84 Å². The molecule has 0 aromatic carbocycles. The summed E-state index contributed by atoms with van der Waals surface area (Å²) in [7, 11) is 0. The molecule has 0 heterocycles. The molecule has 94 valence electrons. The molecule has 4 N–H and O–H groups in total. The first kappa shape index (κ1) is 13.3. The Kier molecular flexibility index (Phi) is 4.15. The van der Waals surface area contributed by atoms with E-state index in [1.807, 2.05) is 20.8 Å². The highest BCUT2D eigenvalue weighted by atomic mass is 16.6. The van der Waals surface area contributed by atoms with Crippen molar-refractivity contribution in [2.75, 3.05) is 6.54 Å². The zero-order valence-electron chi connectivity index (χ0n) is 10.4. The third-order valence-corrected chi connectivity index (χ3v) is 2.77. The molecular weight excluding hydrogens is 206 g/mol. The first-order chi connectivity index (χ1) is 7.37. The number of carbonyl (C=O) groups excluding carboxylic acids is 1. The molecule has 1 rings (SSSR count). The van der Waals surface area contributed by atoms with Crippen LogP contribution >= 0.6 is 0 Å². The minimum Gasteiger partial charge on any atom is -0.444 e. The standard InChI is InChI=1S/C11H23N3O2/c1-10(2,3)16-9(15)14-11(8-13-12)6-4-5-7-11/h13H,4-8,12H2,1-3H3,(H,14,15). The van der Waals surface area contributed by atoms with E-state index in [1.54, 1.807) is 0 Å². The van der Waals surface area contributed by atoms with Crippen LogP contribution in [0.15, 0.2) is 0 Å². The van der Waals surface area contributed by atoms with Crippen LogP contribution < -0.4 is 16.6 Å². The Morgan fingerprint density at radius 3 is 2.38 bits per heavy atom. The van der Waals surface area contributed by atoms with Gasteiger partial charge in [-0.05, 0) is 33.6 Å². The number of amides is 1. The molecule has 5 heteroatoms. The van der Waals surface area contributed by atoms with Crippen molar-refractivity contribution in [3.8, 4) is 0 Å². The molecule has 0 aromatic rings. The minimum absolute atomic E-state index is 0.225. The van der Waals surface area contributed by atoms with Crippen LogP contribution in [-0.4, -0.2) is 23.8 Å². The van der Waals surface area contributed by atoms with Gasteiger partial charge in [-0.3, -0.25) is 11.3 Å². The molecule has 0 unspecified atom stereocenters. The number of hydrazine groups is 1. The second-order valence-electron chi connectivity index (χ2n) is 5.50. The first-order valence-electron chi connectivity index (χ1n) is 5.82. The van der Waals surface area contributed by atoms with Gasteiger partial charge in [-0.15, -0.1) is 0 Å². The highest BCUT2D eigenvalue weighted by Gasteiger charge is 2.36. The topological polar surface area (TPSA) is 76.4 Å². The summed E-state index contributed by atoms with van der Waals surface area (Å²) < 4.78 is 5.25. The lowest BCUT2D eigenvalue weighted by molar-refractivity contribution is 0.0456. The Morgan fingerprint density at radius 1 is 1.38 bits per heavy atom. The molecule has 0 saturated heterocycles. The molecule has 0 spiro atoms. The second kappa shape index (κ2) is 5.01. The van der Waals surface area contributed by atoms with Gasteiger partial charge in [0.2, 0.25) is 0 Å². The molecular formula is C11H23N3O2. The number of carbonyl (C=O) groups is 1. The summed E-state index contributed by atoms with van der Waals surface area (Å²) in [5.74, 6) is 5.35. The van der Waals surface area contributed by atoms with E-state index in [1.165, 1.54) is 0 Å². The van der Waals surface area contributed by atoms with Crippen molar-refractivity contribution in [1.82, 2.24) is 10.7 Å². The lowest BCUT2D eigenvalue weighted by Crippen LogP contribution is -2.55. The van der Waals surface area contributed by atoms with Crippen molar-refractivity contribution in [3.05, 3.63) is 0 Å². The van der Waals surface area contributed by atoms with E-state index >= 15 is 0 Å². The van der Waals surface area contributed by atoms with Crippen LogP contribution in [-0.2, 0) is 4.74 Å². The van der Waals surface area contributed by atoms with Gasteiger partial charge in [0.15, 0.2) is 0 Å². The lowest BCUT2D eigenvalue weighted by Gasteiger charge is -2.31. The number of rotatable bonds is 3. The fourth-order valence-corrected chi connectivity index (χ4v) is 2.11. The molecule has 1 saturated carbocycles. The molecule has 5 nitrogen and oxygen atoms in total. The fraction of sp³-hybridized carbons (Fsp3) is 0.909. The molecule has 0 aliphatic heterocycles. The quantitative estimate of drug-likeness (QED) is 0.503. The van der Waals surface area contributed by atoms with E-state index in [0.717, 1.165) is 25.7 Å². The van der Waals surface area contributed by atoms with Gasteiger partial charge in [0.05, 0.1) is 5.54 Å². The summed E-state index contributed by atoms with van der Waals surface area (Å²) in [6, 6.07) is 0. The Labute approximate surface area is 97.1 Å². The molecule has 0 radical (unpaired) electrons. The largest absolute Gasteiger partial charge is 0.444 e. The molecule has 1 amide bonds. The van der Waals surface area contributed by atoms with Crippen LogP contribution in [0.2, 0.25) is 0 Å². The van der Waals surface area contributed by atoms with Crippen molar-refractivity contribution in [1.29, 1.82) is 0 Å². The van der Waals surface area contributed by atoms with E-state index in [2.05, 4.69) is 10.7 Å². The van der Waals surface area contributed by atoms with Gasteiger partial charge in [0, 0.05) is 6.54 Å². The van der Waals surface area contributed by atoms with Gasteiger partial charge in [-0.2, -0.15) is 0 Å². The molecule has 0 aromatic heterocycles. The van der Waals surface area contributed by atoms with E-state index in [9.17, 15) is 4.79 Å². The van der Waals surface area contributed by atoms with Crippen LogP contribution in [0.5, 0.6) is 0 Å². The Hall–Kier alpha value is -0.810. The van der Waals surface area contributed by atoms with Gasteiger partial charge in [-0.1, -0.05) is 12.8 Å². The molecule has 0 atom stereocenters. The molecule has 0 bridgehead atoms. The molecule has 1 aliphatic carbocycles. The SMILES string of the molecule is CC(C)(C)OC(=O)NC1(CNN)CCCC1. The fourth-order valence-electron chi connectivity index (χ4n) is 2.11. The van der Waals surface area contributed by atoms with E-state index in [0.29, 0.717) is 6.54 Å². The van der Waals surface area contributed by atoms with E-state index in [4.69, 9.17) is 10.6 Å².